The quantitative estimate of drug-likeness (QED) is 0.714. The molecule has 1 aliphatic heterocycles. The molecule has 0 spiro atoms. The van der Waals surface area contributed by atoms with Crippen LogP contribution in [0, 0.1) is 0 Å². The molecule has 26 heavy (non-hydrogen) atoms. The van der Waals surface area contributed by atoms with Gasteiger partial charge in [-0.15, -0.1) is 0 Å². The standard InChI is InChI=1S/C18H15Cl2N3O3/c19-12-3-1-11(14(20)6-12)7-22-8-13(9-22)23-16-5-10(17(24)25)2-4-15(16)21-18(23)26/h1-6,13H,7-9H2,(H,21,26)(H,24,25). The minimum Gasteiger partial charge on any atom is -0.478 e. The smallest absolute Gasteiger partial charge is 0.335 e. The molecule has 8 heteroatoms. The number of H-pyrrole nitrogens is 1. The van der Waals surface area contributed by atoms with Crippen LogP contribution in [0.2, 0.25) is 10.0 Å². The monoisotopic (exact) mass is 391 g/mol. The van der Waals surface area contributed by atoms with Gasteiger partial charge in [0, 0.05) is 29.7 Å². The van der Waals surface area contributed by atoms with E-state index in [0.717, 1.165) is 5.56 Å². The number of carboxylic acid groups (broad SMARTS) is 1. The molecule has 2 heterocycles. The number of aromatic amines is 1. The third kappa shape index (κ3) is 3.00. The number of aromatic carboxylic acids is 1. The first-order chi connectivity index (χ1) is 12.4. The summed E-state index contributed by atoms with van der Waals surface area (Å²) in [5, 5.41) is 10.4. The fraction of sp³-hybridized carbons (Fsp3) is 0.222. The van der Waals surface area contributed by atoms with Gasteiger partial charge in [-0.1, -0.05) is 29.3 Å². The third-order valence-corrected chi connectivity index (χ3v) is 5.26. The van der Waals surface area contributed by atoms with Gasteiger partial charge in [-0.2, -0.15) is 0 Å². The second-order valence-corrected chi connectivity index (χ2v) is 7.26. The number of hydrogen-bond donors (Lipinski definition) is 2. The number of benzene rings is 2. The molecule has 4 rings (SSSR count). The van der Waals surface area contributed by atoms with Gasteiger partial charge in [-0.25, -0.2) is 9.59 Å². The van der Waals surface area contributed by atoms with Gasteiger partial charge in [0.2, 0.25) is 0 Å². The zero-order valence-corrected chi connectivity index (χ0v) is 15.1. The van der Waals surface area contributed by atoms with Crippen molar-refractivity contribution < 1.29 is 9.90 Å². The van der Waals surface area contributed by atoms with Gasteiger partial charge in [0.25, 0.3) is 0 Å². The Balaban J connectivity index is 1.55. The van der Waals surface area contributed by atoms with E-state index in [1.165, 1.54) is 12.1 Å². The maximum absolute atomic E-state index is 12.3. The Hall–Kier alpha value is -2.28. The average molecular weight is 392 g/mol. The normalized spacial score (nSPS) is 15.3. The zero-order chi connectivity index (χ0) is 18.4. The third-order valence-electron chi connectivity index (χ3n) is 4.68. The first-order valence-electron chi connectivity index (χ1n) is 8.06. The van der Waals surface area contributed by atoms with E-state index in [1.54, 1.807) is 22.8 Å². The van der Waals surface area contributed by atoms with E-state index in [1.807, 2.05) is 6.07 Å². The number of nitrogens with zero attached hydrogens (tertiary/aromatic N) is 2. The highest BCUT2D eigenvalue weighted by Crippen LogP contribution is 2.28. The summed E-state index contributed by atoms with van der Waals surface area (Å²) in [6, 6.07) is 10.1. The molecule has 0 atom stereocenters. The van der Waals surface area contributed by atoms with Crippen molar-refractivity contribution in [2.75, 3.05) is 13.1 Å². The van der Waals surface area contributed by atoms with Gasteiger partial charge >= 0.3 is 11.7 Å². The molecule has 1 aliphatic rings. The zero-order valence-electron chi connectivity index (χ0n) is 13.6. The summed E-state index contributed by atoms with van der Waals surface area (Å²) in [6.07, 6.45) is 0. The second kappa shape index (κ2) is 6.46. The number of carbonyl (C=O) groups is 1. The fourth-order valence-electron chi connectivity index (χ4n) is 3.34. The highest BCUT2D eigenvalue weighted by atomic mass is 35.5. The molecule has 2 N–H and O–H groups in total. The molecule has 1 aromatic heterocycles. The van der Waals surface area contributed by atoms with E-state index < -0.39 is 5.97 Å². The number of halogens is 2. The summed E-state index contributed by atoms with van der Waals surface area (Å²) in [4.78, 5) is 28.5. The second-order valence-electron chi connectivity index (χ2n) is 6.42. The van der Waals surface area contributed by atoms with Crippen LogP contribution < -0.4 is 5.69 Å². The number of likely N-dealkylation sites (tertiary alicyclic amines) is 1. The average Bonchev–Trinajstić information content (AvgIpc) is 2.87. The summed E-state index contributed by atoms with van der Waals surface area (Å²) in [5.41, 5.74) is 2.17. The Morgan fingerprint density at radius 2 is 1.96 bits per heavy atom. The Bertz CT molecular complexity index is 1070. The maximum atomic E-state index is 12.3. The fourth-order valence-corrected chi connectivity index (χ4v) is 3.81. The predicted octanol–water partition coefficient (Wildman–Crippen LogP) is 3.39. The Kier molecular flexibility index (Phi) is 4.26. The van der Waals surface area contributed by atoms with E-state index >= 15 is 0 Å². The Morgan fingerprint density at radius 3 is 2.65 bits per heavy atom. The summed E-state index contributed by atoms with van der Waals surface area (Å²) < 4.78 is 1.64. The van der Waals surface area contributed by atoms with Crippen LogP contribution in [0.5, 0.6) is 0 Å². The molecule has 0 saturated carbocycles. The highest BCUT2D eigenvalue weighted by molar-refractivity contribution is 6.35. The lowest BCUT2D eigenvalue weighted by Crippen LogP contribution is -2.49. The van der Waals surface area contributed by atoms with Crippen LogP contribution in [0.15, 0.2) is 41.2 Å². The van der Waals surface area contributed by atoms with E-state index in [-0.39, 0.29) is 17.3 Å². The maximum Gasteiger partial charge on any atom is 0.335 e. The summed E-state index contributed by atoms with van der Waals surface area (Å²) in [6.45, 7) is 2.04. The lowest BCUT2D eigenvalue weighted by molar-refractivity contribution is 0.0697. The van der Waals surface area contributed by atoms with E-state index in [2.05, 4.69) is 9.88 Å². The summed E-state index contributed by atoms with van der Waals surface area (Å²) >= 11 is 12.1. The molecule has 0 unspecified atom stereocenters. The van der Waals surface area contributed by atoms with Gasteiger partial charge in [-0.3, -0.25) is 9.47 Å². The van der Waals surface area contributed by atoms with Gasteiger partial charge in [-0.05, 0) is 35.9 Å². The van der Waals surface area contributed by atoms with Gasteiger partial charge in [0.15, 0.2) is 0 Å². The van der Waals surface area contributed by atoms with Crippen molar-refractivity contribution in [2.45, 2.75) is 12.6 Å². The van der Waals surface area contributed by atoms with Crippen molar-refractivity contribution in [1.29, 1.82) is 0 Å². The van der Waals surface area contributed by atoms with Gasteiger partial charge in [0.1, 0.15) is 0 Å². The van der Waals surface area contributed by atoms with Crippen LogP contribution >= 0.6 is 23.2 Å². The van der Waals surface area contributed by atoms with Crippen LogP contribution in [0.3, 0.4) is 0 Å². The van der Waals surface area contributed by atoms with Crippen LogP contribution in [0.25, 0.3) is 11.0 Å². The summed E-state index contributed by atoms with van der Waals surface area (Å²) in [5.74, 6) is -1.01. The van der Waals surface area contributed by atoms with E-state index in [9.17, 15) is 14.7 Å². The molecule has 1 saturated heterocycles. The van der Waals surface area contributed by atoms with Crippen LogP contribution in [-0.2, 0) is 6.54 Å². The molecule has 1 fully saturated rings. The molecule has 2 aromatic carbocycles. The first-order valence-corrected chi connectivity index (χ1v) is 8.82. The number of hydrogen-bond acceptors (Lipinski definition) is 3. The first kappa shape index (κ1) is 17.1. The topological polar surface area (TPSA) is 78.3 Å². The predicted molar refractivity (Wildman–Crippen MR) is 100 cm³/mol. The molecule has 0 aliphatic carbocycles. The van der Waals surface area contributed by atoms with E-state index in [0.29, 0.717) is 40.7 Å². The Morgan fingerprint density at radius 1 is 1.19 bits per heavy atom. The number of carboxylic acids is 1. The largest absolute Gasteiger partial charge is 0.478 e. The van der Waals surface area contributed by atoms with Crippen LogP contribution in [-0.4, -0.2) is 38.6 Å². The number of aromatic nitrogens is 2. The van der Waals surface area contributed by atoms with Crippen molar-refractivity contribution in [1.82, 2.24) is 14.5 Å². The molecule has 3 aromatic rings. The highest BCUT2D eigenvalue weighted by Gasteiger charge is 2.31. The number of fused-ring (bicyclic) bond motifs is 1. The number of imidazole rings is 1. The molecular formula is C18H15Cl2N3O3. The molecule has 0 amide bonds. The van der Waals surface area contributed by atoms with Gasteiger partial charge in [0.05, 0.1) is 22.6 Å². The molecule has 6 nitrogen and oxygen atoms in total. The van der Waals surface area contributed by atoms with E-state index in [4.69, 9.17) is 23.2 Å². The number of rotatable bonds is 4. The SMILES string of the molecule is O=C(O)c1ccc2[nH]c(=O)n(C3CN(Cc4ccc(Cl)cc4Cl)C3)c2c1. The van der Waals surface area contributed by atoms with Crippen molar-refractivity contribution in [3.63, 3.8) is 0 Å². The lowest BCUT2D eigenvalue weighted by atomic mass is 10.1. The van der Waals surface area contributed by atoms with Crippen molar-refractivity contribution in [3.05, 3.63) is 68.1 Å². The van der Waals surface area contributed by atoms with Crippen molar-refractivity contribution in [3.8, 4) is 0 Å². The lowest BCUT2D eigenvalue weighted by Gasteiger charge is -2.40. The number of nitrogens with one attached hydrogen (secondary N) is 1. The van der Waals surface area contributed by atoms with Gasteiger partial charge < -0.3 is 10.1 Å². The van der Waals surface area contributed by atoms with Crippen molar-refractivity contribution in [2.24, 2.45) is 0 Å². The molecule has 134 valence electrons. The van der Waals surface area contributed by atoms with Crippen LogP contribution in [0.1, 0.15) is 22.0 Å². The summed E-state index contributed by atoms with van der Waals surface area (Å²) in [7, 11) is 0. The minimum atomic E-state index is -1.01. The molecule has 0 bridgehead atoms. The van der Waals surface area contributed by atoms with Crippen LogP contribution in [0.4, 0.5) is 0 Å². The molecule has 0 radical (unpaired) electrons. The minimum absolute atomic E-state index is 0.00799. The Labute approximate surface area is 158 Å². The van der Waals surface area contributed by atoms with Crippen molar-refractivity contribution >= 4 is 40.2 Å². The molecular weight excluding hydrogens is 377 g/mol.